The van der Waals surface area contributed by atoms with E-state index in [1.54, 1.807) is 0 Å². The molecule has 0 aromatic rings. The highest BCUT2D eigenvalue weighted by atomic mass is 32.2. The van der Waals surface area contributed by atoms with Crippen LogP contribution in [-0.4, -0.2) is 49.9 Å². The van der Waals surface area contributed by atoms with E-state index in [1.165, 1.54) is 0 Å². The summed E-state index contributed by atoms with van der Waals surface area (Å²) >= 11 is 0. The maximum absolute atomic E-state index is 12.7. The van der Waals surface area contributed by atoms with Gasteiger partial charge in [-0.15, -0.1) is 0 Å². The Labute approximate surface area is 127 Å². The van der Waals surface area contributed by atoms with Crippen LogP contribution >= 0.6 is 0 Å². The minimum atomic E-state index is -6.45. The van der Waals surface area contributed by atoms with Crippen LogP contribution in [0.5, 0.6) is 0 Å². The average molecular weight is 404 g/mol. The average Bonchev–Trinajstić information content (AvgIpc) is 2.25. The van der Waals surface area contributed by atoms with Crippen molar-refractivity contribution in [2.45, 2.75) is 12.4 Å². The predicted octanol–water partition coefficient (Wildman–Crippen LogP) is 0.547. The number of carbonyl (C=O) groups is 2. The first-order valence-electron chi connectivity index (χ1n) is 4.98. The summed E-state index contributed by atoms with van der Waals surface area (Å²) < 4.78 is 138. The molecule has 0 bridgehead atoms. The van der Waals surface area contributed by atoms with Crippen molar-refractivity contribution in [3.8, 4) is 0 Å². The number of Topliss-reactive ketones (excluding diaryl/α,β-unsaturated/α-hetero) is 2. The second-order valence-corrected chi connectivity index (χ2v) is 6.73. The Morgan fingerprint density at radius 3 is 0.958 bits per heavy atom. The van der Waals surface area contributed by atoms with Crippen LogP contribution in [0.15, 0.2) is 21.0 Å². The van der Waals surface area contributed by atoms with E-state index in [1.807, 2.05) is 0 Å². The van der Waals surface area contributed by atoms with Gasteiger partial charge in [-0.2, -0.15) is 43.2 Å². The topological polar surface area (TPSA) is 143 Å². The molecule has 0 aromatic heterocycles. The summed E-state index contributed by atoms with van der Waals surface area (Å²) in [6.07, 6.45) is -12.3. The van der Waals surface area contributed by atoms with Gasteiger partial charge in [-0.1, -0.05) is 0 Å². The molecule has 1 aliphatic carbocycles. The second kappa shape index (κ2) is 5.36. The predicted molar refractivity (Wildman–Crippen MR) is 59.3 cm³/mol. The molecule has 0 unspecified atom stereocenters. The molecule has 0 atom stereocenters. The Kier molecular flexibility index (Phi) is 4.53. The van der Waals surface area contributed by atoms with Gasteiger partial charge in [0.05, 0.1) is 0 Å². The molecule has 0 fully saturated rings. The van der Waals surface area contributed by atoms with Gasteiger partial charge in [0, 0.05) is 0 Å². The SMILES string of the molecule is O=C1C(=O)C(C(F)(F)F)=C(S(=O)(=O)O)C(S(=O)(=O)O)=C1C(F)(F)F. The number of ketones is 2. The highest BCUT2D eigenvalue weighted by Gasteiger charge is 2.58. The molecule has 16 heteroatoms. The maximum atomic E-state index is 12.7. The summed E-state index contributed by atoms with van der Waals surface area (Å²) in [7, 11) is -12.9. The molecule has 1 rings (SSSR count). The van der Waals surface area contributed by atoms with E-state index < -0.39 is 65.1 Å². The lowest BCUT2D eigenvalue weighted by molar-refractivity contribution is -0.146. The molecule has 0 amide bonds. The van der Waals surface area contributed by atoms with Crippen LogP contribution in [0.25, 0.3) is 0 Å². The number of hydrogen-bond acceptors (Lipinski definition) is 6. The van der Waals surface area contributed by atoms with Crippen molar-refractivity contribution in [1.82, 2.24) is 0 Å². The van der Waals surface area contributed by atoms with Crippen molar-refractivity contribution in [2.75, 3.05) is 0 Å². The van der Waals surface area contributed by atoms with Crippen LogP contribution in [0.4, 0.5) is 26.3 Å². The van der Waals surface area contributed by atoms with E-state index in [0.29, 0.717) is 0 Å². The van der Waals surface area contributed by atoms with Crippen LogP contribution in [0.2, 0.25) is 0 Å². The van der Waals surface area contributed by atoms with Crippen molar-refractivity contribution in [3.05, 3.63) is 21.0 Å². The highest BCUT2D eigenvalue weighted by Crippen LogP contribution is 2.44. The molecule has 8 nitrogen and oxygen atoms in total. The molecule has 0 heterocycles. The molecule has 2 N–H and O–H groups in total. The minimum absolute atomic E-state index is 3.07. The fraction of sp³-hybridized carbons (Fsp3) is 0.250. The summed E-state index contributed by atoms with van der Waals surface area (Å²) in [5, 5.41) is 0. The third-order valence-corrected chi connectivity index (χ3v) is 4.38. The van der Waals surface area contributed by atoms with Gasteiger partial charge in [-0.05, 0) is 0 Å². The third-order valence-electron chi connectivity index (χ3n) is 2.40. The van der Waals surface area contributed by atoms with Gasteiger partial charge in [-0.25, -0.2) is 0 Å². The van der Waals surface area contributed by atoms with E-state index in [2.05, 4.69) is 0 Å². The molecule has 0 aromatic carbocycles. The van der Waals surface area contributed by atoms with Crippen LogP contribution in [0.1, 0.15) is 0 Å². The molecule has 0 radical (unpaired) electrons. The molecular weight excluding hydrogens is 402 g/mol. The number of hydrogen-bond donors (Lipinski definition) is 2. The van der Waals surface area contributed by atoms with Gasteiger partial charge in [0.25, 0.3) is 20.2 Å². The van der Waals surface area contributed by atoms with Gasteiger partial charge in [-0.3, -0.25) is 18.7 Å². The molecule has 136 valence electrons. The zero-order chi connectivity index (χ0) is 19.5. The Hall–Kier alpha value is -1.78. The summed E-state index contributed by atoms with van der Waals surface area (Å²) in [6.45, 7) is 0. The van der Waals surface area contributed by atoms with Crippen molar-refractivity contribution < 1.29 is 61.9 Å². The number of carbonyl (C=O) groups excluding carboxylic acids is 2. The van der Waals surface area contributed by atoms with Crippen molar-refractivity contribution in [3.63, 3.8) is 0 Å². The smallest absolute Gasteiger partial charge is 0.285 e. The number of alkyl halides is 6. The lowest BCUT2D eigenvalue weighted by Crippen LogP contribution is -2.40. The Balaban J connectivity index is 4.36. The number of rotatable bonds is 2. The zero-order valence-corrected chi connectivity index (χ0v) is 12.1. The van der Waals surface area contributed by atoms with Crippen LogP contribution in [0, 0.1) is 0 Å². The summed E-state index contributed by atoms with van der Waals surface area (Å²) in [6, 6.07) is 0. The van der Waals surface area contributed by atoms with Crippen LogP contribution < -0.4 is 0 Å². The highest BCUT2D eigenvalue weighted by molar-refractivity contribution is 7.95. The molecule has 0 saturated carbocycles. The van der Waals surface area contributed by atoms with Gasteiger partial charge in [0.1, 0.15) is 21.0 Å². The fourth-order valence-electron chi connectivity index (χ4n) is 1.67. The molecular formula is C8H2F6O8S2. The van der Waals surface area contributed by atoms with Gasteiger partial charge < -0.3 is 0 Å². The first kappa shape index (κ1) is 20.3. The largest absolute Gasteiger partial charge is 0.421 e. The van der Waals surface area contributed by atoms with Crippen molar-refractivity contribution in [1.29, 1.82) is 0 Å². The summed E-state index contributed by atoms with van der Waals surface area (Å²) in [5.74, 6) is -6.15. The van der Waals surface area contributed by atoms with E-state index in [-0.39, 0.29) is 0 Å². The molecule has 0 aliphatic heterocycles. The fourth-order valence-corrected chi connectivity index (χ4v) is 3.90. The van der Waals surface area contributed by atoms with Crippen molar-refractivity contribution in [2.24, 2.45) is 0 Å². The molecule has 0 spiro atoms. The van der Waals surface area contributed by atoms with E-state index in [0.717, 1.165) is 0 Å². The minimum Gasteiger partial charge on any atom is -0.285 e. The first-order valence-corrected chi connectivity index (χ1v) is 7.86. The van der Waals surface area contributed by atoms with Gasteiger partial charge in [0.2, 0.25) is 11.6 Å². The monoisotopic (exact) mass is 404 g/mol. The molecule has 0 saturated heterocycles. The lowest BCUT2D eigenvalue weighted by atomic mass is 9.94. The zero-order valence-electron chi connectivity index (χ0n) is 10.4. The van der Waals surface area contributed by atoms with Crippen LogP contribution in [0.3, 0.4) is 0 Å². The molecule has 24 heavy (non-hydrogen) atoms. The van der Waals surface area contributed by atoms with Crippen molar-refractivity contribution >= 4 is 31.8 Å². The Bertz CT molecular complexity index is 823. The molecule has 1 aliphatic rings. The Morgan fingerprint density at radius 1 is 0.625 bits per heavy atom. The maximum Gasteiger partial charge on any atom is 0.421 e. The summed E-state index contributed by atoms with van der Waals surface area (Å²) in [5.41, 5.74) is -6.37. The summed E-state index contributed by atoms with van der Waals surface area (Å²) in [4.78, 5) is 16.3. The van der Waals surface area contributed by atoms with Gasteiger partial charge >= 0.3 is 12.4 Å². The third kappa shape index (κ3) is 3.50. The second-order valence-electron chi connectivity index (χ2n) is 4.01. The number of allylic oxidation sites excluding steroid dienone is 2. The van der Waals surface area contributed by atoms with E-state index >= 15 is 0 Å². The normalized spacial score (nSPS) is 18.5. The first-order chi connectivity index (χ1) is 10.3. The quantitative estimate of drug-likeness (QED) is 0.294. The Morgan fingerprint density at radius 2 is 0.833 bits per heavy atom. The number of halogens is 6. The van der Waals surface area contributed by atoms with E-state index in [9.17, 15) is 52.8 Å². The lowest BCUT2D eigenvalue weighted by Gasteiger charge is -2.23. The van der Waals surface area contributed by atoms with E-state index in [4.69, 9.17) is 9.11 Å². The van der Waals surface area contributed by atoms with Crippen LogP contribution in [-0.2, 0) is 29.8 Å². The van der Waals surface area contributed by atoms with Gasteiger partial charge in [0.15, 0.2) is 0 Å². The standard InChI is InChI=1S/C8H2F6O8S2/c9-7(10,11)1-3(15)4(16)2(8(12,13)14)6(24(20,21)22)5(1)23(17,18)19/h(H,17,18,19)(H,20,21,22).